The Hall–Kier alpha value is -3.47. The molecule has 1 heterocycles. The third-order valence-electron chi connectivity index (χ3n) is 3.57. The highest BCUT2D eigenvalue weighted by molar-refractivity contribution is 5.99. The summed E-state index contributed by atoms with van der Waals surface area (Å²) in [6.07, 6.45) is -4.69. The molecular weight excluding hydrogens is 339 g/mol. The Kier molecular flexibility index (Phi) is 3.64. The van der Waals surface area contributed by atoms with Crippen molar-refractivity contribution in [3.05, 3.63) is 59.1 Å². The summed E-state index contributed by atoms with van der Waals surface area (Å²) in [6, 6.07) is 6.93. The molecule has 0 bridgehead atoms. The Morgan fingerprint density at radius 1 is 1.16 bits per heavy atom. The molecule has 8 heteroatoms. The van der Waals surface area contributed by atoms with Gasteiger partial charge in [0, 0.05) is 5.39 Å². The molecule has 0 spiro atoms. The van der Waals surface area contributed by atoms with Crippen molar-refractivity contribution in [1.29, 1.82) is 0 Å². The predicted octanol–water partition coefficient (Wildman–Crippen LogP) is 5.07. The SMILES string of the molecule is [C-]#[N+]c1cc(-c2ccc(C(=O)O)c(O)c2)c2cc(C(F)(F)F)oc2c1. The number of furan rings is 1. The van der Waals surface area contributed by atoms with Gasteiger partial charge >= 0.3 is 12.1 Å². The van der Waals surface area contributed by atoms with Gasteiger partial charge in [0.1, 0.15) is 16.9 Å². The number of hydrogen-bond donors (Lipinski definition) is 2. The first-order valence-electron chi connectivity index (χ1n) is 6.79. The number of alkyl halides is 3. The highest BCUT2D eigenvalue weighted by atomic mass is 19.4. The molecule has 126 valence electrons. The molecule has 0 amide bonds. The fraction of sp³-hybridized carbons (Fsp3) is 0.0588. The third kappa shape index (κ3) is 2.87. The van der Waals surface area contributed by atoms with E-state index in [0.717, 1.165) is 18.2 Å². The van der Waals surface area contributed by atoms with E-state index in [4.69, 9.17) is 16.1 Å². The van der Waals surface area contributed by atoms with Gasteiger partial charge in [0.25, 0.3) is 0 Å². The first-order valence-corrected chi connectivity index (χ1v) is 6.79. The summed E-state index contributed by atoms with van der Waals surface area (Å²) in [5.41, 5.74) is 0.0528. The molecule has 0 radical (unpaired) electrons. The minimum atomic E-state index is -4.69. The van der Waals surface area contributed by atoms with Gasteiger partial charge in [-0.15, -0.1) is 0 Å². The minimum Gasteiger partial charge on any atom is -0.507 e. The quantitative estimate of drug-likeness (QED) is 0.635. The average molecular weight is 347 g/mol. The molecule has 0 unspecified atom stereocenters. The molecule has 3 rings (SSSR count). The zero-order valence-electron chi connectivity index (χ0n) is 12.3. The summed E-state index contributed by atoms with van der Waals surface area (Å²) in [6.45, 7) is 7.07. The molecule has 0 saturated heterocycles. The molecular formula is C17H8F3NO4. The van der Waals surface area contributed by atoms with Gasteiger partial charge in [-0.1, -0.05) is 6.07 Å². The summed E-state index contributed by atoms with van der Waals surface area (Å²) >= 11 is 0. The van der Waals surface area contributed by atoms with Crippen molar-refractivity contribution >= 4 is 22.6 Å². The summed E-state index contributed by atoms with van der Waals surface area (Å²) in [7, 11) is 0. The summed E-state index contributed by atoms with van der Waals surface area (Å²) in [5.74, 6) is -3.09. The van der Waals surface area contributed by atoms with Crippen molar-refractivity contribution in [3.8, 4) is 16.9 Å². The van der Waals surface area contributed by atoms with Crippen LogP contribution in [0.5, 0.6) is 5.75 Å². The van der Waals surface area contributed by atoms with Crippen molar-refractivity contribution in [2.24, 2.45) is 0 Å². The largest absolute Gasteiger partial charge is 0.507 e. The lowest BCUT2D eigenvalue weighted by Crippen LogP contribution is -2.01. The van der Waals surface area contributed by atoms with E-state index in [9.17, 15) is 23.1 Å². The van der Waals surface area contributed by atoms with Gasteiger partial charge in [0.05, 0.1) is 6.57 Å². The number of aromatic hydroxyl groups is 1. The van der Waals surface area contributed by atoms with Gasteiger partial charge in [-0.25, -0.2) is 9.64 Å². The van der Waals surface area contributed by atoms with E-state index in [1.54, 1.807) is 0 Å². The fourth-order valence-corrected chi connectivity index (χ4v) is 2.45. The predicted molar refractivity (Wildman–Crippen MR) is 81.5 cm³/mol. The zero-order valence-corrected chi connectivity index (χ0v) is 12.3. The van der Waals surface area contributed by atoms with Crippen LogP contribution in [0.25, 0.3) is 26.9 Å². The fourth-order valence-electron chi connectivity index (χ4n) is 2.45. The number of rotatable bonds is 2. The maximum absolute atomic E-state index is 12.9. The summed E-state index contributed by atoms with van der Waals surface area (Å²) in [5, 5.41) is 18.8. The van der Waals surface area contributed by atoms with E-state index >= 15 is 0 Å². The van der Waals surface area contributed by atoms with Crippen molar-refractivity contribution in [1.82, 2.24) is 0 Å². The smallest absolute Gasteiger partial charge is 0.449 e. The molecule has 0 aliphatic carbocycles. The number of benzene rings is 2. The number of carboxylic acids is 1. The number of nitrogens with zero attached hydrogens (tertiary/aromatic N) is 1. The van der Waals surface area contributed by atoms with Gasteiger partial charge in [-0.05, 0) is 41.5 Å². The molecule has 0 aliphatic heterocycles. The molecule has 2 aromatic carbocycles. The second-order valence-corrected chi connectivity index (χ2v) is 5.16. The molecule has 3 aromatic rings. The second kappa shape index (κ2) is 5.56. The van der Waals surface area contributed by atoms with Crippen LogP contribution in [0.3, 0.4) is 0 Å². The number of phenols is 1. The number of carboxylic acid groups (broad SMARTS) is 1. The van der Waals surface area contributed by atoms with Crippen LogP contribution in [0.4, 0.5) is 18.9 Å². The number of fused-ring (bicyclic) bond motifs is 1. The van der Waals surface area contributed by atoms with Crippen LogP contribution in [-0.4, -0.2) is 16.2 Å². The van der Waals surface area contributed by atoms with Gasteiger partial charge in [0.15, 0.2) is 5.69 Å². The van der Waals surface area contributed by atoms with Gasteiger partial charge in [0.2, 0.25) is 5.76 Å². The molecule has 0 fully saturated rings. The maximum atomic E-state index is 12.9. The Bertz CT molecular complexity index is 1040. The lowest BCUT2D eigenvalue weighted by molar-refractivity contribution is -0.152. The summed E-state index contributed by atoms with van der Waals surface area (Å²) < 4.78 is 43.5. The van der Waals surface area contributed by atoms with Crippen LogP contribution in [0, 0.1) is 6.57 Å². The lowest BCUT2D eigenvalue weighted by atomic mass is 9.99. The van der Waals surface area contributed by atoms with Crippen molar-refractivity contribution in [3.63, 3.8) is 0 Å². The summed E-state index contributed by atoms with van der Waals surface area (Å²) in [4.78, 5) is 14.2. The molecule has 0 aliphatic rings. The monoisotopic (exact) mass is 347 g/mol. The van der Waals surface area contributed by atoms with Crippen LogP contribution >= 0.6 is 0 Å². The Labute approximate surface area is 138 Å². The van der Waals surface area contributed by atoms with Crippen LogP contribution < -0.4 is 0 Å². The van der Waals surface area contributed by atoms with Gasteiger partial charge in [-0.3, -0.25) is 0 Å². The molecule has 2 N–H and O–H groups in total. The molecule has 1 aromatic heterocycles. The van der Waals surface area contributed by atoms with Crippen LogP contribution in [-0.2, 0) is 6.18 Å². The van der Waals surface area contributed by atoms with E-state index in [0.29, 0.717) is 0 Å². The van der Waals surface area contributed by atoms with Crippen LogP contribution in [0.15, 0.2) is 40.8 Å². The lowest BCUT2D eigenvalue weighted by Gasteiger charge is -2.07. The molecule has 5 nitrogen and oxygen atoms in total. The Balaban J connectivity index is 2.28. The normalized spacial score (nSPS) is 11.4. The standard InChI is InChI=1S/C17H8F3NO4/c1-21-9-5-11(8-2-3-10(16(23)24)13(22)4-8)12-7-15(17(18,19)20)25-14(12)6-9/h2-7,22H,(H,23,24). The van der Waals surface area contributed by atoms with E-state index in [1.807, 2.05) is 0 Å². The minimum absolute atomic E-state index is 0.0485. The maximum Gasteiger partial charge on any atom is 0.449 e. The van der Waals surface area contributed by atoms with E-state index in [1.165, 1.54) is 18.2 Å². The van der Waals surface area contributed by atoms with E-state index in [2.05, 4.69) is 4.85 Å². The van der Waals surface area contributed by atoms with Gasteiger partial charge < -0.3 is 14.6 Å². The first kappa shape index (κ1) is 16.4. The van der Waals surface area contributed by atoms with Crippen LogP contribution in [0.2, 0.25) is 0 Å². The van der Waals surface area contributed by atoms with E-state index in [-0.39, 0.29) is 33.3 Å². The number of carbonyl (C=O) groups is 1. The molecule has 0 atom stereocenters. The van der Waals surface area contributed by atoms with Crippen LogP contribution in [0.1, 0.15) is 16.1 Å². The zero-order chi connectivity index (χ0) is 18.4. The van der Waals surface area contributed by atoms with Crippen molar-refractivity contribution < 1.29 is 32.6 Å². The van der Waals surface area contributed by atoms with Crippen molar-refractivity contribution in [2.75, 3.05) is 0 Å². The number of halogens is 3. The number of aromatic carboxylic acids is 1. The highest BCUT2D eigenvalue weighted by Crippen LogP contribution is 2.40. The van der Waals surface area contributed by atoms with E-state index < -0.39 is 23.7 Å². The molecule has 0 saturated carbocycles. The number of hydrogen-bond acceptors (Lipinski definition) is 3. The van der Waals surface area contributed by atoms with Gasteiger partial charge in [-0.2, -0.15) is 13.2 Å². The van der Waals surface area contributed by atoms with Crippen molar-refractivity contribution in [2.45, 2.75) is 6.18 Å². The first-order chi connectivity index (χ1) is 11.7. The Morgan fingerprint density at radius 2 is 1.88 bits per heavy atom. The third-order valence-corrected chi connectivity index (χ3v) is 3.57. The second-order valence-electron chi connectivity index (χ2n) is 5.16. The average Bonchev–Trinajstić information content (AvgIpc) is 2.97. The molecule has 25 heavy (non-hydrogen) atoms. The topological polar surface area (TPSA) is 75.0 Å². The Morgan fingerprint density at radius 3 is 2.44 bits per heavy atom. The highest BCUT2D eigenvalue weighted by Gasteiger charge is 2.35.